The number of sulfone groups is 1. The van der Waals surface area contributed by atoms with Crippen molar-refractivity contribution in [2.24, 2.45) is 4.99 Å². The van der Waals surface area contributed by atoms with Crippen molar-refractivity contribution in [3.8, 4) is 11.4 Å². The van der Waals surface area contributed by atoms with Crippen molar-refractivity contribution in [3.63, 3.8) is 0 Å². The van der Waals surface area contributed by atoms with Crippen molar-refractivity contribution < 1.29 is 55.4 Å². The summed E-state index contributed by atoms with van der Waals surface area (Å²) in [5.74, 6) is -0.411. The van der Waals surface area contributed by atoms with Gasteiger partial charge in [0.25, 0.3) is 5.91 Å². The minimum absolute atomic E-state index is 0. The molecule has 5 aromatic rings. The molecular formula is C53H74Br2N11O11S2+. The van der Waals surface area contributed by atoms with E-state index >= 15 is 0 Å². The molecule has 2 saturated heterocycles. The van der Waals surface area contributed by atoms with Gasteiger partial charge in [0.05, 0.1) is 55.5 Å². The second-order valence-electron chi connectivity index (χ2n) is 21.2. The Balaban J connectivity index is 0.000000252. The summed E-state index contributed by atoms with van der Waals surface area (Å²) in [5, 5.41) is 7.21. The number of rotatable bonds is 17. The highest BCUT2D eigenvalue weighted by molar-refractivity contribution is 9.11. The first-order valence-electron chi connectivity index (χ1n) is 25.7. The second kappa shape index (κ2) is 26.0. The van der Waals surface area contributed by atoms with Gasteiger partial charge in [-0.05, 0) is 148 Å². The van der Waals surface area contributed by atoms with Gasteiger partial charge in [0.15, 0.2) is 44.9 Å². The van der Waals surface area contributed by atoms with Gasteiger partial charge >= 0.3 is 5.96 Å². The average molecular weight is 1270 g/mol. The highest BCUT2D eigenvalue weighted by atomic mass is 79.9. The van der Waals surface area contributed by atoms with E-state index in [9.17, 15) is 17.4 Å². The van der Waals surface area contributed by atoms with Crippen LogP contribution in [-0.2, 0) is 53.9 Å². The Bertz CT molecular complexity index is 3210. The van der Waals surface area contributed by atoms with Gasteiger partial charge in [-0.2, -0.15) is 14.4 Å². The number of aliphatic imine (C=N–C) groups is 1. The Morgan fingerprint density at radius 2 is 1.27 bits per heavy atom. The Labute approximate surface area is 480 Å². The van der Waals surface area contributed by atoms with Gasteiger partial charge in [-0.15, -0.1) is 15.2 Å². The molecule has 3 aliphatic heterocycles. The minimum Gasteiger partial charge on any atom is -0.412 e. The molecule has 432 valence electrons. The molecule has 2 fully saturated rings. The number of guanidine groups is 1. The van der Waals surface area contributed by atoms with Gasteiger partial charge in [-0.3, -0.25) is 4.79 Å². The third-order valence-corrected chi connectivity index (χ3v) is 18.7. The van der Waals surface area contributed by atoms with Crippen molar-refractivity contribution in [1.82, 2.24) is 44.8 Å². The molecular weight excluding hydrogens is 1190 g/mol. The van der Waals surface area contributed by atoms with Crippen LogP contribution in [0.25, 0.3) is 11.4 Å². The number of hydrogen-bond acceptors (Lipinski definition) is 17. The van der Waals surface area contributed by atoms with Crippen molar-refractivity contribution in [1.29, 1.82) is 0 Å². The summed E-state index contributed by atoms with van der Waals surface area (Å²) in [5.41, 5.74) is 7.74. The van der Waals surface area contributed by atoms with Crippen LogP contribution in [0.2, 0.25) is 0 Å². The van der Waals surface area contributed by atoms with Crippen LogP contribution in [0.1, 0.15) is 138 Å². The SMILES string of the molecule is Cc1cnc([C@H](OC(C)C)[C@H](C)S(=O)(=O)Cc2nnc(-c3cc(C)ccc3Br)n2C2COC(C)(C)OC2)nc1.Cc1cnc([C@H](OC(C)C)[C@H](C)S2(=O)=[N+](NC(=O)c3cc(C)ccc3Br)C(=NC3COC(C)(C)OC3)N2)nc1.O. The number of carbonyl (C=O) groups excluding carboxylic acids is 1. The van der Waals surface area contributed by atoms with Crippen LogP contribution in [0.3, 0.4) is 0 Å². The van der Waals surface area contributed by atoms with E-state index in [4.69, 9.17) is 28.4 Å². The van der Waals surface area contributed by atoms with E-state index in [1.165, 1.54) is 4.05 Å². The van der Waals surface area contributed by atoms with Crippen LogP contribution in [0, 0.1) is 27.7 Å². The molecule has 2 aromatic carbocycles. The van der Waals surface area contributed by atoms with Gasteiger partial charge in [0.1, 0.15) is 29.0 Å². The van der Waals surface area contributed by atoms with E-state index < -0.39 is 59.9 Å². The van der Waals surface area contributed by atoms with Gasteiger partial charge in [-0.25, -0.2) is 28.4 Å². The first-order valence-corrected chi connectivity index (χ1v) is 30.6. The lowest BCUT2D eigenvalue weighted by atomic mass is 10.1. The van der Waals surface area contributed by atoms with Gasteiger partial charge in [0, 0.05) is 39.3 Å². The molecule has 0 spiro atoms. The predicted molar refractivity (Wildman–Crippen MR) is 305 cm³/mol. The van der Waals surface area contributed by atoms with Crippen molar-refractivity contribution in [2.45, 2.75) is 161 Å². The number of aromatic nitrogens is 7. The molecule has 26 heteroatoms. The van der Waals surface area contributed by atoms with E-state index in [1.807, 2.05) is 112 Å². The normalized spacial score (nSPS) is 20.5. The summed E-state index contributed by atoms with van der Waals surface area (Å²) in [6.45, 7) is 27.2. The highest BCUT2D eigenvalue weighted by Crippen LogP contribution is 2.35. The van der Waals surface area contributed by atoms with Crippen LogP contribution in [0.4, 0.5) is 0 Å². The summed E-state index contributed by atoms with van der Waals surface area (Å²) in [6, 6.07) is 10.7. The molecule has 5 atom stereocenters. The first kappa shape index (κ1) is 63.4. The largest absolute Gasteiger partial charge is 0.434 e. The van der Waals surface area contributed by atoms with Crippen molar-refractivity contribution in [3.05, 3.63) is 115 Å². The molecule has 0 aliphatic carbocycles. The van der Waals surface area contributed by atoms with Crippen LogP contribution in [-0.4, -0.2) is 135 Å². The molecule has 0 bridgehead atoms. The zero-order valence-corrected chi connectivity index (χ0v) is 51.9. The first-order chi connectivity index (χ1) is 36.6. The summed E-state index contributed by atoms with van der Waals surface area (Å²) in [4.78, 5) is 35.7. The molecule has 6 heterocycles. The topological polar surface area (TPSA) is 277 Å². The molecule has 4 N–H and O–H groups in total. The molecule has 8 rings (SSSR count). The molecule has 3 aromatic heterocycles. The van der Waals surface area contributed by atoms with E-state index in [-0.39, 0.29) is 41.5 Å². The van der Waals surface area contributed by atoms with Crippen LogP contribution in [0.5, 0.6) is 0 Å². The van der Waals surface area contributed by atoms with Crippen LogP contribution >= 0.6 is 31.9 Å². The number of hydrogen-bond donors (Lipinski definition) is 2. The summed E-state index contributed by atoms with van der Waals surface area (Å²) in [7, 11) is -6.95. The lowest BCUT2D eigenvalue weighted by Crippen LogP contribution is -2.65. The smallest absolute Gasteiger partial charge is 0.412 e. The van der Waals surface area contributed by atoms with Gasteiger partial charge in [0.2, 0.25) is 9.92 Å². The zero-order chi connectivity index (χ0) is 57.1. The van der Waals surface area contributed by atoms with E-state index in [2.05, 4.69) is 77.1 Å². The fourth-order valence-electron chi connectivity index (χ4n) is 8.41. The molecule has 0 radical (unpaired) electrons. The summed E-state index contributed by atoms with van der Waals surface area (Å²) < 4.78 is 85.4. The van der Waals surface area contributed by atoms with E-state index in [0.717, 1.165) is 32.3 Å². The molecule has 22 nitrogen and oxygen atoms in total. The fraction of sp³-hybridized carbons (Fsp3) is 0.547. The Morgan fingerprint density at radius 3 is 1.81 bits per heavy atom. The molecule has 1 unspecified atom stereocenters. The number of nitrogens with zero attached hydrogens (tertiary/aromatic N) is 9. The van der Waals surface area contributed by atoms with Crippen molar-refractivity contribution in [2.75, 3.05) is 26.4 Å². The quantitative estimate of drug-likeness (QED) is 0.0846. The minimum atomic E-state index is -3.81. The Kier molecular flexibility index (Phi) is 20.9. The number of carbonyl (C=O) groups is 1. The summed E-state index contributed by atoms with van der Waals surface area (Å²) in [6.07, 6.45) is 4.71. The number of nitrogens with one attached hydrogen (secondary N) is 2. The van der Waals surface area contributed by atoms with Crippen molar-refractivity contribution >= 4 is 63.5 Å². The van der Waals surface area contributed by atoms with E-state index in [0.29, 0.717) is 59.8 Å². The second-order valence-corrected chi connectivity index (χ2v) is 27.7. The predicted octanol–water partition coefficient (Wildman–Crippen LogP) is 7.65. The number of halogens is 2. The van der Waals surface area contributed by atoms with Gasteiger partial charge < -0.3 is 38.5 Å². The van der Waals surface area contributed by atoms with Crippen LogP contribution < -0.4 is 10.1 Å². The maximum Gasteiger partial charge on any atom is 0.434 e. The third-order valence-electron chi connectivity index (χ3n) is 12.8. The lowest BCUT2D eigenvalue weighted by Gasteiger charge is -2.36. The van der Waals surface area contributed by atoms with Gasteiger partial charge in [-0.1, -0.05) is 43.2 Å². The zero-order valence-electron chi connectivity index (χ0n) is 47.1. The Hall–Kier alpha value is -4.74. The lowest BCUT2D eigenvalue weighted by molar-refractivity contribution is -0.454. The summed E-state index contributed by atoms with van der Waals surface area (Å²) >= 11 is 7.06. The number of benzene rings is 2. The molecule has 3 aliphatic rings. The van der Waals surface area contributed by atoms with E-state index in [1.54, 1.807) is 50.8 Å². The number of ether oxygens (including phenoxy) is 6. The van der Waals surface area contributed by atoms with Crippen LogP contribution in [0.15, 0.2) is 75.1 Å². The maximum absolute atomic E-state index is 14.5. The maximum atomic E-state index is 14.5. The standard InChI is InChI=1S/C27H36BrN5O5S.C26H35BrN6O5S.H2O/c1-16(2)38-24(25-29-11-18(4)12-30-25)19(5)39(34,35)15-23-31-32-26(21-10-17(3)8-9-22(21)28)33(23)20-13-36-27(6,7)37-14-20;1-15(2)38-22(23-28-11-17(4)12-29-23)18(5)39(35)32-25(30-19-13-36-26(6,7)37-14-19)33(39)31-24(34)20-10-16(3)8-9-21(20)27;/h8-12,16,19-20,24H,13-15H2,1-7H3;8-12,15,18-19,22H,13-14H2,1-7H3,(H,31,34);1H2/p+1/t19-,24+;18-,22+,39?;/m00./s1. The molecule has 1 amide bonds. The number of amides is 1. The fourth-order valence-corrected chi connectivity index (χ4v) is 12.6. The average Bonchev–Trinajstić information content (AvgIpc) is 3.91. The Morgan fingerprint density at radius 1 is 0.772 bits per heavy atom. The third kappa shape index (κ3) is 15.6. The monoisotopic (exact) mass is 1260 g/mol. The number of hydrazine groups is 1. The highest BCUT2D eigenvalue weighted by Gasteiger charge is 2.50. The molecule has 0 saturated carbocycles. The molecule has 79 heavy (non-hydrogen) atoms. The number of aryl methyl sites for hydroxylation is 4.